The van der Waals surface area contributed by atoms with Crippen molar-refractivity contribution in [3.05, 3.63) is 95.3 Å². The molecule has 1 fully saturated rings. The number of methoxy groups -OCH3 is 2. The fraction of sp³-hybridized carbons (Fsp3) is 0.375. The summed E-state index contributed by atoms with van der Waals surface area (Å²) < 4.78 is 25.5. The number of nitrogens with one attached hydrogen (secondary N) is 1. The van der Waals surface area contributed by atoms with E-state index in [1.807, 2.05) is 48.5 Å². The van der Waals surface area contributed by atoms with Gasteiger partial charge >= 0.3 is 0 Å². The van der Waals surface area contributed by atoms with Gasteiger partial charge in [0.05, 0.1) is 14.2 Å². The van der Waals surface area contributed by atoms with Crippen LogP contribution in [0.3, 0.4) is 0 Å². The van der Waals surface area contributed by atoms with Gasteiger partial charge in [0, 0.05) is 31.0 Å². The highest BCUT2D eigenvalue weighted by molar-refractivity contribution is 5.88. The van der Waals surface area contributed by atoms with Crippen LogP contribution >= 0.6 is 0 Å². The van der Waals surface area contributed by atoms with Gasteiger partial charge in [-0.1, -0.05) is 67.4 Å². The summed E-state index contributed by atoms with van der Waals surface area (Å²) in [5, 5.41) is 3.18. The third-order valence-electron chi connectivity index (χ3n) is 7.35. The molecule has 39 heavy (non-hydrogen) atoms. The highest BCUT2D eigenvalue weighted by atomic mass is 19.1. The average Bonchev–Trinajstić information content (AvgIpc) is 3.47. The van der Waals surface area contributed by atoms with Crippen LogP contribution in [0, 0.1) is 5.82 Å². The SMILES string of the molecule is COc1ccc(CCC(=O)N(Cc2ccccc2F)C(Cc2ccccc2)C(=O)NC2CCCC2)cc1OC. The van der Waals surface area contributed by atoms with Crippen molar-refractivity contribution in [2.75, 3.05) is 14.2 Å². The van der Waals surface area contributed by atoms with Gasteiger partial charge in [0.2, 0.25) is 11.8 Å². The summed E-state index contributed by atoms with van der Waals surface area (Å²) in [5.74, 6) is 0.394. The minimum absolute atomic E-state index is 0.00697. The van der Waals surface area contributed by atoms with Crippen LogP contribution < -0.4 is 14.8 Å². The first-order valence-electron chi connectivity index (χ1n) is 13.6. The first-order chi connectivity index (χ1) is 19.0. The second kappa shape index (κ2) is 13.8. The van der Waals surface area contributed by atoms with Crippen LogP contribution in [0.2, 0.25) is 0 Å². The maximum absolute atomic E-state index is 14.8. The monoisotopic (exact) mass is 532 g/mol. The number of hydrogen-bond acceptors (Lipinski definition) is 4. The van der Waals surface area contributed by atoms with E-state index >= 15 is 0 Å². The first kappa shape index (κ1) is 28.1. The van der Waals surface area contributed by atoms with Gasteiger partial charge in [0.1, 0.15) is 11.9 Å². The van der Waals surface area contributed by atoms with Gasteiger partial charge in [-0.3, -0.25) is 9.59 Å². The van der Waals surface area contributed by atoms with E-state index in [0.29, 0.717) is 29.9 Å². The number of hydrogen-bond donors (Lipinski definition) is 1. The molecule has 0 aromatic heterocycles. The van der Waals surface area contributed by atoms with Crippen molar-refractivity contribution in [3.63, 3.8) is 0 Å². The summed E-state index contributed by atoms with van der Waals surface area (Å²) in [7, 11) is 3.14. The van der Waals surface area contributed by atoms with Crippen molar-refractivity contribution < 1.29 is 23.5 Å². The predicted octanol–water partition coefficient (Wildman–Crippen LogP) is 5.47. The number of ether oxygens (including phenoxy) is 2. The molecule has 0 aliphatic heterocycles. The Hall–Kier alpha value is -3.87. The number of halogens is 1. The lowest BCUT2D eigenvalue weighted by atomic mass is 10.0. The van der Waals surface area contributed by atoms with Gasteiger partial charge in [-0.25, -0.2) is 4.39 Å². The number of nitrogens with zero attached hydrogens (tertiary/aromatic N) is 1. The van der Waals surface area contributed by atoms with Gasteiger partial charge in [0.15, 0.2) is 11.5 Å². The lowest BCUT2D eigenvalue weighted by molar-refractivity contribution is -0.141. The third-order valence-corrected chi connectivity index (χ3v) is 7.35. The van der Waals surface area contributed by atoms with Crippen molar-refractivity contribution in [1.29, 1.82) is 0 Å². The largest absolute Gasteiger partial charge is 0.493 e. The molecular weight excluding hydrogens is 495 g/mol. The van der Waals surface area contributed by atoms with Gasteiger partial charge < -0.3 is 19.7 Å². The molecule has 6 nitrogen and oxygen atoms in total. The van der Waals surface area contributed by atoms with Crippen molar-refractivity contribution in [1.82, 2.24) is 10.2 Å². The van der Waals surface area contributed by atoms with E-state index in [9.17, 15) is 14.0 Å². The summed E-state index contributed by atoms with van der Waals surface area (Å²) >= 11 is 0. The van der Waals surface area contributed by atoms with E-state index < -0.39 is 11.9 Å². The molecule has 4 rings (SSSR count). The summed E-state index contributed by atoms with van der Waals surface area (Å²) in [6.45, 7) is 0.00697. The fourth-order valence-electron chi connectivity index (χ4n) is 5.16. The molecule has 1 atom stereocenters. The highest BCUT2D eigenvalue weighted by Crippen LogP contribution is 2.28. The lowest BCUT2D eigenvalue weighted by Gasteiger charge is -2.32. The zero-order valence-electron chi connectivity index (χ0n) is 22.7. The van der Waals surface area contributed by atoms with E-state index in [2.05, 4.69) is 5.32 Å². The smallest absolute Gasteiger partial charge is 0.243 e. The zero-order valence-corrected chi connectivity index (χ0v) is 22.7. The Kier molecular flexibility index (Phi) is 9.95. The number of carbonyl (C=O) groups is 2. The maximum atomic E-state index is 14.8. The summed E-state index contributed by atoms with van der Waals surface area (Å²) in [4.78, 5) is 29.1. The van der Waals surface area contributed by atoms with Crippen molar-refractivity contribution in [2.45, 2.75) is 63.6 Å². The second-order valence-electron chi connectivity index (χ2n) is 10.00. The Bertz CT molecular complexity index is 1240. The average molecular weight is 533 g/mol. The molecule has 1 saturated carbocycles. The van der Waals surface area contributed by atoms with Crippen LogP contribution in [0.5, 0.6) is 11.5 Å². The van der Waals surface area contributed by atoms with Crippen molar-refractivity contribution >= 4 is 11.8 Å². The van der Waals surface area contributed by atoms with Crippen LogP contribution in [-0.2, 0) is 29.0 Å². The number of aryl methyl sites for hydroxylation is 1. The number of benzene rings is 3. The molecule has 206 valence electrons. The molecule has 0 saturated heterocycles. The molecule has 3 aromatic carbocycles. The van der Waals surface area contributed by atoms with E-state index in [-0.39, 0.29) is 30.8 Å². The quantitative estimate of drug-likeness (QED) is 0.336. The molecule has 1 aliphatic carbocycles. The molecule has 3 aromatic rings. The number of amides is 2. The normalized spacial score (nSPS) is 14.0. The topological polar surface area (TPSA) is 67.9 Å². The van der Waals surface area contributed by atoms with Crippen LogP contribution in [0.15, 0.2) is 72.8 Å². The second-order valence-corrected chi connectivity index (χ2v) is 10.00. The van der Waals surface area contributed by atoms with Crippen LogP contribution in [0.4, 0.5) is 4.39 Å². The molecule has 0 radical (unpaired) electrons. The van der Waals surface area contributed by atoms with Crippen LogP contribution in [0.1, 0.15) is 48.8 Å². The Morgan fingerprint density at radius 1 is 0.923 bits per heavy atom. The Morgan fingerprint density at radius 2 is 1.62 bits per heavy atom. The molecule has 0 heterocycles. The number of carbonyl (C=O) groups excluding carboxylic acids is 2. The molecule has 2 amide bonds. The van der Waals surface area contributed by atoms with Gasteiger partial charge in [-0.15, -0.1) is 0 Å². The van der Waals surface area contributed by atoms with E-state index in [4.69, 9.17) is 9.47 Å². The zero-order chi connectivity index (χ0) is 27.6. The first-order valence-corrected chi connectivity index (χ1v) is 13.6. The molecular formula is C32H37FN2O4. The lowest BCUT2D eigenvalue weighted by Crippen LogP contribution is -2.52. The molecule has 0 spiro atoms. The Balaban J connectivity index is 1.61. The highest BCUT2D eigenvalue weighted by Gasteiger charge is 2.32. The van der Waals surface area contributed by atoms with E-state index in [1.165, 1.54) is 6.07 Å². The Morgan fingerprint density at radius 3 is 2.31 bits per heavy atom. The molecule has 1 unspecified atom stereocenters. The number of rotatable bonds is 12. The molecule has 1 aliphatic rings. The fourth-order valence-corrected chi connectivity index (χ4v) is 5.16. The third kappa shape index (κ3) is 7.59. The van der Waals surface area contributed by atoms with Crippen molar-refractivity contribution in [2.24, 2.45) is 0 Å². The van der Waals surface area contributed by atoms with Gasteiger partial charge in [-0.2, -0.15) is 0 Å². The van der Waals surface area contributed by atoms with Crippen molar-refractivity contribution in [3.8, 4) is 11.5 Å². The maximum Gasteiger partial charge on any atom is 0.243 e. The Labute approximate surface area is 230 Å². The standard InChI is InChI=1S/C32H37FN2O4/c1-38-29-18-16-24(21-30(29)39-2)17-19-31(36)35(22-25-12-6-9-15-27(25)33)28(20-23-10-4-3-5-11-23)32(37)34-26-13-7-8-14-26/h3-6,9-12,15-16,18,21,26,28H,7-8,13-14,17,19-20,22H2,1-2H3,(H,34,37). The van der Waals surface area contributed by atoms with Crippen LogP contribution in [-0.4, -0.2) is 43.0 Å². The minimum Gasteiger partial charge on any atom is -0.493 e. The minimum atomic E-state index is -0.773. The van der Waals surface area contributed by atoms with Crippen LogP contribution in [0.25, 0.3) is 0 Å². The van der Waals surface area contributed by atoms with E-state index in [0.717, 1.165) is 36.8 Å². The van der Waals surface area contributed by atoms with Gasteiger partial charge in [-0.05, 0) is 48.6 Å². The molecule has 7 heteroatoms. The summed E-state index contributed by atoms with van der Waals surface area (Å²) in [6.07, 6.45) is 4.97. The summed E-state index contributed by atoms with van der Waals surface area (Å²) in [5.41, 5.74) is 2.22. The predicted molar refractivity (Wildman–Crippen MR) is 149 cm³/mol. The molecule has 1 N–H and O–H groups in total. The summed E-state index contributed by atoms with van der Waals surface area (Å²) in [6, 6.07) is 20.9. The van der Waals surface area contributed by atoms with E-state index in [1.54, 1.807) is 37.3 Å². The van der Waals surface area contributed by atoms with Gasteiger partial charge in [0.25, 0.3) is 0 Å². The molecule has 0 bridgehead atoms.